The smallest absolute Gasteiger partial charge is 0.273 e. The van der Waals surface area contributed by atoms with Crippen LogP contribution in [-0.4, -0.2) is 20.7 Å². The number of Topliss-reactive ketones (excluding diaryl/α,β-unsaturated/α-hetero) is 1. The van der Waals surface area contributed by atoms with Crippen molar-refractivity contribution in [2.45, 2.75) is 36.1 Å². The van der Waals surface area contributed by atoms with E-state index >= 15 is 0 Å². The van der Waals surface area contributed by atoms with Gasteiger partial charge in [-0.25, -0.2) is 9.37 Å². The highest BCUT2D eigenvalue weighted by molar-refractivity contribution is 7.98. The number of hydrogen-bond donors (Lipinski definition) is 2. The maximum Gasteiger partial charge on any atom is 0.273 e. The van der Waals surface area contributed by atoms with E-state index in [9.17, 15) is 24.1 Å². The Morgan fingerprint density at radius 2 is 1.88 bits per heavy atom. The van der Waals surface area contributed by atoms with Crippen LogP contribution in [0.3, 0.4) is 0 Å². The molecule has 172 valence electrons. The number of nitro groups is 1. The van der Waals surface area contributed by atoms with Gasteiger partial charge in [-0.15, -0.1) is 0 Å². The largest absolute Gasteiger partial charge is 0.343 e. The highest BCUT2D eigenvalue weighted by Gasteiger charge is 2.40. The molecule has 34 heavy (non-hydrogen) atoms. The number of thioether (sulfide) groups is 1. The first-order valence-corrected chi connectivity index (χ1v) is 11.7. The monoisotopic (exact) mass is 478 g/mol. The van der Waals surface area contributed by atoms with Crippen molar-refractivity contribution >= 4 is 29.1 Å². The number of nitro benzene ring substituents is 1. The van der Waals surface area contributed by atoms with E-state index in [1.807, 2.05) is 0 Å². The van der Waals surface area contributed by atoms with Crippen LogP contribution in [0.2, 0.25) is 0 Å². The van der Waals surface area contributed by atoms with E-state index in [4.69, 9.17) is 0 Å². The number of allylic oxidation sites excluding steroid dienone is 2. The van der Waals surface area contributed by atoms with Gasteiger partial charge in [0.05, 0.1) is 16.4 Å². The van der Waals surface area contributed by atoms with Gasteiger partial charge in [0.15, 0.2) is 10.9 Å². The average molecular weight is 479 g/mol. The van der Waals surface area contributed by atoms with Crippen molar-refractivity contribution < 1.29 is 14.1 Å². The molecule has 1 aromatic heterocycles. The number of nitrogens with one attached hydrogen (secondary N) is 2. The zero-order valence-electron chi connectivity index (χ0n) is 17.8. The second kappa shape index (κ2) is 8.86. The number of halogens is 1. The lowest BCUT2D eigenvalue weighted by Gasteiger charge is -2.32. The third kappa shape index (κ3) is 3.90. The molecule has 0 saturated heterocycles. The third-order valence-electron chi connectivity index (χ3n) is 6.00. The number of nitrogens with zero attached hydrogens (tertiary/aromatic N) is 2. The lowest BCUT2D eigenvalue weighted by Crippen LogP contribution is -2.33. The van der Waals surface area contributed by atoms with Crippen LogP contribution in [0.15, 0.2) is 69.8 Å². The number of para-hydroxylation sites is 1. The Kier molecular flexibility index (Phi) is 5.74. The number of anilines is 1. The fourth-order valence-corrected chi connectivity index (χ4v) is 5.33. The fraction of sp³-hybridized carbons (Fsp3) is 0.208. The lowest BCUT2D eigenvalue weighted by molar-refractivity contribution is -0.385. The first-order valence-electron chi connectivity index (χ1n) is 10.7. The molecule has 0 radical (unpaired) electrons. The van der Waals surface area contributed by atoms with E-state index < -0.39 is 16.4 Å². The molecular formula is C24H19FN4O4S. The van der Waals surface area contributed by atoms with Gasteiger partial charge in [-0.05, 0) is 24.5 Å². The van der Waals surface area contributed by atoms with Gasteiger partial charge in [-0.2, -0.15) is 0 Å². The predicted molar refractivity (Wildman–Crippen MR) is 125 cm³/mol. The summed E-state index contributed by atoms with van der Waals surface area (Å²) in [6, 6.07) is 12.5. The second-order valence-electron chi connectivity index (χ2n) is 8.06. The number of rotatable bonds is 5. The molecule has 10 heteroatoms. The molecular weight excluding hydrogens is 459 g/mol. The summed E-state index contributed by atoms with van der Waals surface area (Å²) in [7, 11) is 0. The van der Waals surface area contributed by atoms with Crippen molar-refractivity contribution in [3.8, 4) is 0 Å². The molecule has 0 spiro atoms. The summed E-state index contributed by atoms with van der Waals surface area (Å²) in [5.74, 6) is -0.867. The summed E-state index contributed by atoms with van der Waals surface area (Å²) in [5.41, 5.74) is 1.27. The van der Waals surface area contributed by atoms with Gasteiger partial charge < -0.3 is 10.3 Å². The molecule has 0 bridgehead atoms. The molecule has 3 aromatic rings. The molecule has 0 unspecified atom stereocenters. The molecule has 1 atom stereocenters. The van der Waals surface area contributed by atoms with Gasteiger partial charge in [-0.3, -0.25) is 19.7 Å². The standard InChI is InChI=1S/C24H19FN4O4S/c25-15-8-3-1-6-13(15)12-34-24-27-22-21(23(31)28-24)19(14-7-2-4-10-17(14)29(32)33)20-16(26-22)9-5-11-18(20)30/h1-4,6-8,10,19H,5,9,11-12H2,(H2,26,27,28,31)/t19-/m1/s1. The van der Waals surface area contributed by atoms with Crippen LogP contribution in [0, 0.1) is 15.9 Å². The van der Waals surface area contributed by atoms with E-state index in [0.717, 1.165) is 0 Å². The summed E-state index contributed by atoms with van der Waals surface area (Å²) in [5, 5.41) is 15.2. The van der Waals surface area contributed by atoms with E-state index in [1.54, 1.807) is 36.4 Å². The minimum atomic E-state index is -0.900. The topological polar surface area (TPSA) is 118 Å². The van der Waals surface area contributed by atoms with Crippen molar-refractivity contribution in [2.75, 3.05) is 5.32 Å². The number of aromatic amines is 1. The van der Waals surface area contributed by atoms with E-state index in [1.165, 1.54) is 23.9 Å². The molecule has 2 N–H and O–H groups in total. The zero-order chi connectivity index (χ0) is 23.8. The van der Waals surface area contributed by atoms with E-state index in [0.29, 0.717) is 36.1 Å². The number of ketones is 1. The van der Waals surface area contributed by atoms with Crippen LogP contribution in [0.4, 0.5) is 15.9 Å². The summed E-state index contributed by atoms with van der Waals surface area (Å²) < 4.78 is 14.0. The Labute approximate surface area is 197 Å². The molecule has 1 aliphatic carbocycles. The quantitative estimate of drug-likeness (QED) is 0.237. The third-order valence-corrected chi connectivity index (χ3v) is 6.93. The lowest BCUT2D eigenvalue weighted by atomic mass is 9.76. The molecule has 2 heterocycles. The van der Waals surface area contributed by atoms with Gasteiger partial charge in [0.1, 0.15) is 11.6 Å². The van der Waals surface area contributed by atoms with Crippen LogP contribution in [0.25, 0.3) is 0 Å². The van der Waals surface area contributed by atoms with E-state index in [-0.39, 0.29) is 45.1 Å². The zero-order valence-corrected chi connectivity index (χ0v) is 18.7. The Morgan fingerprint density at radius 1 is 1.12 bits per heavy atom. The normalized spacial score (nSPS) is 17.1. The van der Waals surface area contributed by atoms with Gasteiger partial charge in [0.25, 0.3) is 11.2 Å². The Hall–Kier alpha value is -3.79. The van der Waals surface area contributed by atoms with Gasteiger partial charge >= 0.3 is 0 Å². The Bertz CT molecular complexity index is 1420. The summed E-state index contributed by atoms with van der Waals surface area (Å²) in [6.45, 7) is 0. The molecule has 0 fully saturated rings. The molecule has 2 aliphatic rings. The van der Waals surface area contributed by atoms with Crippen LogP contribution in [-0.2, 0) is 10.5 Å². The molecule has 5 rings (SSSR count). The summed E-state index contributed by atoms with van der Waals surface area (Å²) in [6.07, 6.45) is 1.53. The molecule has 1 aliphatic heterocycles. The van der Waals surface area contributed by atoms with Crippen LogP contribution < -0.4 is 10.9 Å². The van der Waals surface area contributed by atoms with Crippen LogP contribution in [0.1, 0.15) is 41.9 Å². The molecule has 8 nitrogen and oxygen atoms in total. The Balaban J connectivity index is 1.61. The number of hydrogen-bond acceptors (Lipinski definition) is 7. The second-order valence-corrected chi connectivity index (χ2v) is 9.02. The van der Waals surface area contributed by atoms with Gasteiger partial charge in [-0.1, -0.05) is 48.2 Å². The average Bonchev–Trinajstić information content (AvgIpc) is 2.82. The first-order chi connectivity index (χ1) is 16.4. The predicted octanol–water partition coefficient (Wildman–Crippen LogP) is 4.67. The summed E-state index contributed by atoms with van der Waals surface area (Å²) in [4.78, 5) is 44.7. The highest BCUT2D eigenvalue weighted by Crippen LogP contribution is 2.45. The number of aromatic nitrogens is 2. The van der Waals surface area contributed by atoms with Crippen molar-refractivity contribution in [3.05, 3.63) is 103 Å². The number of carbonyl (C=O) groups excluding carboxylic acids is 1. The summed E-state index contributed by atoms with van der Waals surface area (Å²) >= 11 is 1.17. The minimum absolute atomic E-state index is 0.139. The van der Waals surface area contributed by atoms with Gasteiger partial charge in [0.2, 0.25) is 0 Å². The molecule has 0 saturated carbocycles. The van der Waals surface area contributed by atoms with Crippen LogP contribution in [0.5, 0.6) is 0 Å². The van der Waals surface area contributed by atoms with Crippen molar-refractivity contribution in [2.24, 2.45) is 0 Å². The first kappa shape index (κ1) is 22.0. The molecule has 2 aromatic carbocycles. The Morgan fingerprint density at radius 3 is 2.68 bits per heavy atom. The fourth-order valence-electron chi connectivity index (χ4n) is 4.48. The van der Waals surface area contributed by atoms with Crippen molar-refractivity contribution in [1.82, 2.24) is 9.97 Å². The van der Waals surface area contributed by atoms with E-state index in [2.05, 4.69) is 15.3 Å². The maximum absolute atomic E-state index is 14.0. The maximum atomic E-state index is 14.0. The number of fused-ring (bicyclic) bond motifs is 1. The van der Waals surface area contributed by atoms with Crippen LogP contribution >= 0.6 is 11.8 Å². The SMILES string of the molecule is O=C1CCCC2=C1[C@@H](c1ccccc1[N+](=O)[O-])c1c(nc(SCc3ccccc3F)[nH]c1=O)N2. The molecule has 0 amide bonds. The highest BCUT2D eigenvalue weighted by atomic mass is 32.2. The number of benzene rings is 2. The van der Waals surface area contributed by atoms with Gasteiger partial charge in [0, 0.05) is 35.1 Å². The van der Waals surface area contributed by atoms with Crippen molar-refractivity contribution in [1.29, 1.82) is 0 Å². The number of H-pyrrole nitrogens is 1. The minimum Gasteiger partial charge on any atom is -0.343 e. The number of carbonyl (C=O) groups is 1. The van der Waals surface area contributed by atoms with Crippen molar-refractivity contribution in [3.63, 3.8) is 0 Å².